The van der Waals surface area contributed by atoms with Gasteiger partial charge in [-0.05, 0) is 31.0 Å². The molecule has 2 aromatic rings. The first-order valence-corrected chi connectivity index (χ1v) is 8.33. The number of nitrogens with zero attached hydrogens (tertiary/aromatic N) is 3. The zero-order valence-corrected chi connectivity index (χ0v) is 14.2. The van der Waals surface area contributed by atoms with Crippen molar-refractivity contribution in [2.45, 2.75) is 18.9 Å². The lowest BCUT2D eigenvalue weighted by Crippen LogP contribution is -2.47. The van der Waals surface area contributed by atoms with Crippen molar-refractivity contribution in [3.63, 3.8) is 0 Å². The van der Waals surface area contributed by atoms with Crippen LogP contribution in [0.4, 0.5) is 0 Å². The Morgan fingerprint density at radius 2 is 2.00 bits per heavy atom. The number of carbonyl (C=O) groups excluding carboxylic acids is 2. The number of hydrogen-bond acceptors (Lipinski definition) is 3. The predicted octanol–water partition coefficient (Wildman–Crippen LogP) is 1.22. The molecule has 0 aliphatic carbocycles. The second-order valence-corrected chi connectivity index (χ2v) is 6.57. The fourth-order valence-corrected chi connectivity index (χ4v) is 3.02. The third-order valence-electron chi connectivity index (χ3n) is 4.55. The Bertz CT molecular complexity index is 696. The molecule has 128 valence electrons. The maximum Gasteiger partial charge on any atom is 0.253 e. The summed E-state index contributed by atoms with van der Waals surface area (Å²) in [6, 6.07) is 7.96. The SMILES string of the molecule is CN(C)C(=O)CN1CCC(NC(=O)c2cc3ccccn3c2)CC1. The maximum atomic E-state index is 12.4. The Morgan fingerprint density at radius 3 is 2.67 bits per heavy atom. The number of amides is 2. The number of piperidine rings is 1. The minimum Gasteiger partial charge on any atom is -0.349 e. The average Bonchev–Trinajstić information content (AvgIpc) is 3.00. The van der Waals surface area contributed by atoms with Gasteiger partial charge >= 0.3 is 0 Å². The number of nitrogens with one attached hydrogen (secondary N) is 1. The van der Waals surface area contributed by atoms with Crippen molar-refractivity contribution in [1.29, 1.82) is 0 Å². The van der Waals surface area contributed by atoms with Crippen LogP contribution in [-0.4, -0.2) is 65.8 Å². The smallest absolute Gasteiger partial charge is 0.253 e. The Labute approximate surface area is 142 Å². The van der Waals surface area contributed by atoms with E-state index in [4.69, 9.17) is 0 Å². The molecule has 0 radical (unpaired) electrons. The highest BCUT2D eigenvalue weighted by atomic mass is 16.2. The Balaban J connectivity index is 1.52. The first-order chi connectivity index (χ1) is 11.5. The Kier molecular flexibility index (Phi) is 4.85. The van der Waals surface area contributed by atoms with E-state index in [1.54, 1.807) is 19.0 Å². The van der Waals surface area contributed by atoms with Gasteiger partial charge in [-0.3, -0.25) is 14.5 Å². The zero-order valence-electron chi connectivity index (χ0n) is 14.2. The topological polar surface area (TPSA) is 57.1 Å². The van der Waals surface area contributed by atoms with Crippen molar-refractivity contribution in [3.05, 3.63) is 42.2 Å². The quantitative estimate of drug-likeness (QED) is 0.918. The van der Waals surface area contributed by atoms with Crippen molar-refractivity contribution >= 4 is 17.3 Å². The molecule has 2 amide bonds. The number of rotatable bonds is 4. The van der Waals surface area contributed by atoms with Crippen LogP contribution in [0, 0.1) is 0 Å². The number of hydrogen-bond donors (Lipinski definition) is 1. The Morgan fingerprint density at radius 1 is 1.25 bits per heavy atom. The molecule has 6 nitrogen and oxygen atoms in total. The molecular weight excluding hydrogens is 304 g/mol. The normalized spacial score (nSPS) is 16.2. The molecule has 3 heterocycles. The highest BCUT2D eigenvalue weighted by molar-refractivity contribution is 5.95. The van der Waals surface area contributed by atoms with Crippen LogP contribution >= 0.6 is 0 Å². The first kappa shape index (κ1) is 16.5. The second-order valence-electron chi connectivity index (χ2n) is 6.57. The van der Waals surface area contributed by atoms with Crippen LogP contribution < -0.4 is 5.32 Å². The lowest BCUT2D eigenvalue weighted by Gasteiger charge is -2.32. The van der Waals surface area contributed by atoms with Gasteiger partial charge in [-0.25, -0.2) is 0 Å². The molecule has 1 aliphatic heterocycles. The summed E-state index contributed by atoms with van der Waals surface area (Å²) < 4.78 is 1.95. The molecule has 1 saturated heterocycles. The van der Waals surface area contributed by atoms with Crippen molar-refractivity contribution in [2.24, 2.45) is 0 Å². The second kappa shape index (κ2) is 7.05. The molecule has 0 spiro atoms. The van der Waals surface area contributed by atoms with E-state index in [1.165, 1.54) is 0 Å². The third-order valence-corrected chi connectivity index (χ3v) is 4.55. The van der Waals surface area contributed by atoms with Gasteiger partial charge in [0.1, 0.15) is 0 Å². The van der Waals surface area contributed by atoms with E-state index in [0.29, 0.717) is 12.1 Å². The van der Waals surface area contributed by atoms with Crippen molar-refractivity contribution in [2.75, 3.05) is 33.7 Å². The summed E-state index contributed by atoms with van der Waals surface area (Å²) in [7, 11) is 3.55. The molecule has 3 rings (SSSR count). The predicted molar refractivity (Wildman–Crippen MR) is 93.0 cm³/mol. The highest BCUT2D eigenvalue weighted by Gasteiger charge is 2.23. The Hall–Kier alpha value is -2.34. The summed E-state index contributed by atoms with van der Waals surface area (Å²) in [5.41, 5.74) is 1.70. The number of likely N-dealkylation sites (N-methyl/N-ethyl adjacent to an activating group) is 1. The average molecular weight is 328 g/mol. The van der Waals surface area contributed by atoms with Crippen LogP contribution in [0.3, 0.4) is 0 Å². The molecule has 0 saturated carbocycles. The van der Waals surface area contributed by atoms with Gasteiger partial charge in [-0.2, -0.15) is 0 Å². The summed E-state index contributed by atoms with van der Waals surface area (Å²) in [4.78, 5) is 28.0. The van der Waals surface area contributed by atoms with Gasteiger partial charge in [0.2, 0.25) is 5.91 Å². The van der Waals surface area contributed by atoms with Crippen molar-refractivity contribution in [3.8, 4) is 0 Å². The van der Waals surface area contributed by atoms with Crippen LogP contribution in [-0.2, 0) is 4.79 Å². The summed E-state index contributed by atoms with van der Waals surface area (Å²) in [5.74, 6) is 0.0968. The van der Waals surface area contributed by atoms with E-state index < -0.39 is 0 Å². The fraction of sp³-hybridized carbons (Fsp3) is 0.444. The number of carbonyl (C=O) groups is 2. The van der Waals surface area contributed by atoms with Crippen molar-refractivity contribution in [1.82, 2.24) is 19.5 Å². The summed E-state index contributed by atoms with van der Waals surface area (Å²) >= 11 is 0. The number of aromatic nitrogens is 1. The van der Waals surface area contributed by atoms with E-state index in [0.717, 1.165) is 31.4 Å². The van der Waals surface area contributed by atoms with Gasteiger partial charge in [-0.1, -0.05) is 6.07 Å². The lowest BCUT2D eigenvalue weighted by molar-refractivity contribution is -0.130. The summed E-state index contributed by atoms with van der Waals surface area (Å²) in [5, 5.41) is 3.12. The minimum absolute atomic E-state index is 0.0264. The minimum atomic E-state index is -0.0264. The molecule has 1 fully saturated rings. The fourth-order valence-electron chi connectivity index (χ4n) is 3.02. The number of likely N-dealkylation sites (tertiary alicyclic amines) is 1. The third kappa shape index (κ3) is 3.76. The standard InChI is InChI=1S/C18H24N4O2/c1-20(2)17(23)13-21-9-6-15(7-10-21)19-18(24)14-11-16-5-3-4-8-22(16)12-14/h3-5,8,11-12,15H,6-7,9-10,13H2,1-2H3,(H,19,24). The molecule has 24 heavy (non-hydrogen) atoms. The zero-order chi connectivity index (χ0) is 17.1. The molecule has 2 aromatic heterocycles. The lowest BCUT2D eigenvalue weighted by atomic mass is 10.0. The van der Waals surface area contributed by atoms with E-state index in [2.05, 4.69) is 10.2 Å². The highest BCUT2D eigenvalue weighted by Crippen LogP contribution is 2.13. The largest absolute Gasteiger partial charge is 0.349 e. The maximum absolute atomic E-state index is 12.4. The number of fused-ring (bicyclic) bond motifs is 1. The van der Waals surface area contributed by atoms with Gasteiger partial charge < -0.3 is 14.6 Å². The van der Waals surface area contributed by atoms with E-state index >= 15 is 0 Å². The molecule has 1 aliphatic rings. The molecule has 0 unspecified atom stereocenters. The van der Waals surface area contributed by atoms with Crippen molar-refractivity contribution < 1.29 is 9.59 Å². The van der Waals surface area contributed by atoms with Crippen LogP contribution in [0.5, 0.6) is 0 Å². The van der Waals surface area contributed by atoms with E-state index in [9.17, 15) is 9.59 Å². The number of pyridine rings is 1. The van der Waals surface area contributed by atoms with Gasteiger partial charge in [0, 0.05) is 51.1 Å². The van der Waals surface area contributed by atoms with Gasteiger partial charge in [-0.15, -0.1) is 0 Å². The van der Waals surface area contributed by atoms with Gasteiger partial charge in [0.05, 0.1) is 12.1 Å². The van der Waals surface area contributed by atoms with Crippen LogP contribution in [0.1, 0.15) is 23.2 Å². The molecular formula is C18H24N4O2. The summed E-state index contributed by atoms with van der Waals surface area (Å²) in [6.45, 7) is 2.13. The molecule has 0 bridgehead atoms. The van der Waals surface area contributed by atoms with E-state index in [1.807, 2.05) is 41.1 Å². The first-order valence-electron chi connectivity index (χ1n) is 8.33. The van der Waals surface area contributed by atoms with Crippen LogP contribution in [0.25, 0.3) is 5.52 Å². The van der Waals surface area contributed by atoms with Crippen LogP contribution in [0.15, 0.2) is 36.7 Å². The van der Waals surface area contributed by atoms with Gasteiger partial charge in [0.25, 0.3) is 5.91 Å². The summed E-state index contributed by atoms with van der Waals surface area (Å²) in [6.07, 6.45) is 5.54. The molecule has 0 aromatic carbocycles. The molecule has 6 heteroatoms. The molecule has 0 atom stereocenters. The molecule has 1 N–H and O–H groups in total. The van der Waals surface area contributed by atoms with Gasteiger partial charge in [0.15, 0.2) is 0 Å². The monoisotopic (exact) mass is 328 g/mol. The van der Waals surface area contributed by atoms with E-state index in [-0.39, 0.29) is 17.9 Å². The van der Waals surface area contributed by atoms with Crippen LogP contribution in [0.2, 0.25) is 0 Å².